The molecule has 2 heterocycles. The Morgan fingerprint density at radius 1 is 1.10 bits per heavy atom. The van der Waals surface area contributed by atoms with Gasteiger partial charge in [0, 0.05) is 38.2 Å². The summed E-state index contributed by atoms with van der Waals surface area (Å²) < 4.78 is 11.1. The second-order valence-corrected chi connectivity index (χ2v) is 8.72. The van der Waals surface area contributed by atoms with E-state index < -0.39 is 0 Å². The highest BCUT2D eigenvalue weighted by atomic mass is 16.5. The first kappa shape index (κ1) is 23.2. The van der Waals surface area contributed by atoms with Crippen molar-refractivity contribution < 1.29 is 19.1 Å². The van der Waals surface area contributed by atoms with E-state index in [2.05, 4.69) is 13.8 Å². The molecule has 2 amide bonds. The third-order valence-corrected chi connectivity index (χ3v) is 6.19. The molecule has 31 heavy (non-hydrogen) atoms. The third kappa shape index (κ3) is 6.25. The Hall–Kier alpha value is -2.50. The monoisotopic (exact) mass is 428 g/mol. The van der Waals surface area contributed by atoms with E-state index in [0.29, 0.717) is 37.1 Å². The molecular formula is C25H36N2O4. The summed E-state index contributed by atoms with van der Waals surface area (Å²) in [5.41, 5.74) is 0.887. The van der Waals surface area contributed by atoms with Crippen LogP contribution in [-0.2, 0) is 9.59 Å². The molecule has 1 unspecified atom stereocenters. The number of carbonyl (C=O) groups excluding carboxylic acids is 2. The highest BCUT2D eigenvalue weighted by molar-refractivity contribution is 5.92. The lowest BCUT2D eigenvalue weighted by atomic mass is 9.92. The van der Waals surface area contributed by atoms with Gasteiger partial charge in [0.25, 0.3) is 0 Å². The van der Waals surface area contributed by atoms with Gasteiger partial charge in [0.05, 0.1) is 13.7 Å². The van der Waals surface area contributed by atoms with Crippen LogP contribution in [0.1, 0.15) is 51.5 Å². The van der Waals surface area contributed by atoms with E-state index in [0.717, 1.165) is 44.3 Å². The molecular weight excluding hydrogens is 392 g/mol. The van der Waals surface area contributed by atoms with Crippen molar-refractivity contribution in [2.75, 3.05) is 39.9 Å². The third-order valence-electron chi connectivity index (χ3n) is 6.19. The van der Waals surface area contributed by atoms with E-state index in [9.17, 15) is 9.59 Å². The molecule has 0 N–H and O–H groups in total. The van der Waals surface area contributed by atoms with Gasteiger partial charge in [0.15, 0.2) is 11.5 Å². The van der Waals surface area contributed by atoms with Crippen LogP contribution in [0.4, 0.5) is 0 Å². The molecule has 2 aliphatic heterocycles. The summed E-state index contributed by atoms with van der Waals surface area (Å²) >= 11 is 0. The first-order chi connectivity index (χ1) is 15.0. The van der Waals surface area contributed by atoms with Crippen molar-refractivity contribution >= 4 is 17.9 Å². The van der Waals surface area contributed by atoms with Crippen molar-refractivity contribution in [1.29, 1.82) is 0 Å². The van der Waals surface area contributed by atoms with Crippen LogP contribution in [0, 0.1) is 11.8 Å². The maximum absolute atomic E-state index is 12.8. The Kier molecular flexibility index (Phi) is 8.38. The van der Waals surface area contributed by atoms with Gasteiger partial charge in [-0.25, -0.2) is 0 Å². The molecule has 6 heteroatoms. The number of nitrogens with zero attached hydrogens (tertiary/aromatic N) is 2. The van der Waals surface area contributed by atoms with Crippen molar-refractivity contribution in [3.63, 3.8) is 0 Å². The van der Waals surface area contributed by atoms with Gasteiger partial charge >= 0.3 is 0 Å². The molecule has 0 spiro atoms. The fourth-order valence-electron chi connectivity index (χ4n) is 4.39. The maximum Gasteiger partial charge on any atom is 0.246 e. The molecule has 2 saturated heterocycles. The summed E-state index contributed by atoms with van der Waals surface area (Å²) in [6.07, 6.45) is 8.16. The van der Waals surface area contributed by atoms with Crippen molar-refractivity contribution in [1.82, 2.24) is 9.80 Å². The SMILES string of the molecule is CCCOc1ccc(/C=C/C(=O)N2CCC(C(=O)N3CCCC(C)C3)CC2)cc1OC. The Labute approximate surface area is 186 Å². The van der Waals surface area contributed by atoms with Gasteiger partial charge in [0.1, 0.15) is 0 Å². The van der Waals surface area contributed by atoms with Crippen LogP contribution in [0.2, 0.25) is 0 Å². The van der Waals surface area contributed by atoms with Crippen molar-refractivity contribution in [3.05, 3.63) is 29.8 Å². The van der Waals surface area contributed by atoms with Crippen LogP contribution in [-0.4, -0.2) is 61.5 Å². The first-order valence-electron chi connectivity index (χ1n) is 11.6. The molecule has 6 nitrogen and oxygen atoms in total. The van der Waals surface area contributed by atoms with E-state index in [1.54, 1.807) is 19.3 Å². The van der Waals surface area contributed by atoms with E-state index in [1.165, 1.54) is 6.42 Å². The van der Waals surface area contributed by atoms with E-state index in [-0.39, 0.29) is 17.7 Å². The van der Waals surface area contributed by atoms with Crippen LogP contribution in [0.3, 0.4) is 0 Å². The second kappa shape index (κ2) is 11.2. The lowest BCUT2D eigenvalue weighted by molar-refractivity contribution is -0.140. The standard InChI is InChI=1S/C25H36N2O4/c1-4-16-31-22-9-7-20(17-23(22)30-3)8-10-24(28)26-14-11-21(12-15-26)25(29)27-13-5-6-19(2)18-27/h7-10,17,19,21H,4-6,11-16,18H2,1-3H3/b10-8+. The zero-order chi connectivity index (χ0) is 22.2. The molecule has 0 aromatic heterocycles. The van der Waals surface area contributed by atoms with Crippen LogP contribution in [0.15, 0.2) is 24.3 Å². The molecule has 0 radical (unpaired) electrons. The largest absolute Gasteiger partial charge is 0.493 e. The summed E-state index contributed by atoms with van der Waals surface area (Å²) in [4.78, 5) is 29.4. The predicted octanol–water partition coefficient (Wildman–Crippen LogP) is 3.99. The summed E-state index contributed by atoms with van der Waals surface area (Å²) in [6.45, 7) is 7.95. The van der Waals surface area contributed by atoms with Crippen molar-refractivity contribution in [3.8, 4) is 11.5 Å². The van der Waals surface area contributed by atoms with Gasteiger partial charge < -0.3 is 19.3 Å². The fourth-order valence-corrected chi connectivity index (χ4v) is 4.39. The fraction of sp³-hybridized carbons (Fsp3) is 0.600. The minimum atomic E-state index is -0.0113. The molecule has 1 aromatic rings. The molecule has 1 aromatic carbocycles. The smallest absolute Gasteiger partial charge is 0.246 e. The Morgan fingerprint density at radius 2 is 1.87 bits per heavy atom. The van der Waals surface area contributed by atoms with E-state index >= 15 is 0 Å². The minimum Gasteiger partial charge on any atom is -0.493 e. The summed E-state index contributed by atoms with van der Waals surface area (Å²) in [5.74, 6) is 2.29. The summed E-state index contributed by atoms with van der Waals surface area (Å²) in [6, 6.07) is 5.66. The Bertz CT molecular complexity index is 784. The van der Waals surface area contributed by atoms with Crippen LogP contribution in [0.5, 0.6) is 11.5 Å². The second-order valence-electron chi connectivity index (χ2n) is 8.72. The normalized spacial score (nSPS) is 20.2. The van der Waals surface area contributed by atoms with Gasteiger partial charge in [-0.15, -0.1) is 0 Å². The molecule has 1 atom stereocenters. The molecule has 2 aliphatic rings. The number of piperidine rings is 2. The number of amides is 2. The maximum atomic E-state index is 12.8. The average Bonchev–Trinajstić information content (AvgIpc) is 2.81. The molecule has 0 saturated carbocycles. The van der Waals surface area contributed by atoms with Gasteiger partial charge in [0.2, 0.25) is 11.8 Å². The number of rotatable bonds is 7. The zero-order valence-electron chi connectivity index (χ0n) is 19.1. The average molecular weight is 429 g/mol. The number of likely N-dealkylation sites (tertiary alicyclic amines) is 2. The highest BCUT2D eigenvalue weighted by Gasteiger charge is 2.31. The number of ether oxygens (including phenoxy) is 2. The molecule has 0 bridgehead atoms. The predicted molar refractivity (Wildman–Crippen MR) is 122 cm³/mol. The Morgan fingerprint density at radius 3 is 2.55 bits per heavy atom. The first-order valence-corrected chi connectivity index (χ1v) is 11.6. The van der Waals surface area contributed by atoms with E-state index in [1.807, 2.05) is 28.0 Å². The van der Waals surface area contributed by atoms with Gasteiger partial charge in [-0.1, -0.05) is 19.9 Å². The molecule has 3 rings (SSSR count). The number of hydrogen-bond donors (Lipinski definition) is 0. The van der Waals surface area contributed by atoms with E-state index in [4.69, 9.17) is 9.47 Å². The van der Waals surface area contributed by atoms with Crippen molar-refractivity contribution in [2.24, 2.45) is 11.8 Å². The van der Waals surface area contributed by atoms with Crippen LogP contribution >= 0.6 is 0 Å². The van der Waals surface area contributed by atoms with Gasteiger partial charge in [-0.3, -0.25) is 9.59 Å². The zero-order valence-corrected chi connectivity index (χ0v) is 19.1. The number of benzene rings is 1. The summed E-state index contributed by atoms with van der Waals surface area (Å²) in [7, 11) is 1.61. The number of carbonyl (C=O) groups is 2. The number of hydrogen-bond acceptors (Lipinski definition) is 4. The number of methoxy groups -OCH3 is 1. The molecule has 170 valence electrons. The molecule has 2 fully saturated rings. The Balaban J connectivity index is 1.51. The van der Waals surface area contributed by atoms with Crippen LogP contribution in [0.25, 0.3) is 6.08 Å². The van der Waals surface area contributed by atoms with Gasteiger partial charge in [-0.05, 0) is 61.8 Å². The lowest BCUT2D eigenvalue weighted by Crippen LogP contribution is -2.46. The summed E-state index contributed by atoms with van der Waals surface area (Å²) in [5, 5.41) is 0. The highest BCUT2D eigenvalue weighted by Crippen LogP contribution is 2.29. The van der Waals surface area contributed by atoms with Crippen molar-refractivity contribution in [2.45, 2.75) is 46.0 Å². The minimum absolute atomic E-state index is 0.0113. The van der Waals surface area contributed by atoms with Gasteiger partial charge in [-0.2, -0.15) is 0 Å². The quantitative estimate of drug-likeness (QED) is 0.616. The lowest BCUT2D eigenvalue weighted by Gasteiger charge is -2.37. The van der Waals surface area contributed by atoms with Crippen LogP contribution < -0.4 is 9.47 Å². The molecule has 0 aliphatic carbocycles. The topological polar surface area (TPSA) is 59.1 Å².